The summed E-state index contributed by atoms with van der Waals surface area (Å²) in [5.74, 6) is 2.26. The summed E-state index contributed by atoms with van der Waals surface area (Å²) >= 11 is 4.31. The zero-order valence-corrected chi connectivity index (χ0v) is 10.9. The molecule has 1 aromatic heterocycles. The fourth-order valence-corrected chi connectivity index (χ4v) is 2.01. The number of fused-ring (bicyclic) bond motifs is 1. The molecule has 1 atom stereocenters. The van der Waals surface area contributed by atoms with Crippen molar-refractivity contribution in [3.05, 3.63) is 36.5 Å². The number of pyridine rings is 1. The zero-order valence-electron chi connectivity index (χ0n) is 9.97. The second-order valence-electron chi connectivity index (χ2n) is 4.13. The Kier molecular flexibility index (Phi) is 4.26. The van der Waals surface area contributed by atoms with Crippen LogP contribution in [0.3, 0.4) is 0 Å². The highest BCUT2D eigenvalue weighted by atomic mass is 32.1. The van der Waals surface area contributed by atoms with Crippen molar-refractivity contribution in [1.29, 1.82) is 0 Å². The lowest BCUT2D eigenvalue weighted by Gasteiger charge is -2.13. The second-order valence-corrected chi connectivity index (χ2v) is 4.49. The van der Waals surface area contributed by atoms with Crippen molar-refractivity contribution in [3.63, 3.8) is 0 Å². The molecular weight excluding hydrogens is 230 g/mol. The van der Waals surface area contributed by atoms with Gasteiger partial charge in [-0.2, -0.15) is 12.6 Å². The number of nitrogens with zero attached hydrogens (tertiary/aromatic N) is 1. The van der Waals surface area contributed by atoms with Crippen LogP contribution < -0.4 is 4.74 Å². The molecule has 0 saturated heterocycles. The average Bonchev–Trinajstić information content (AvgIpc) is 2.40. The first-order valence-corrected chi connectivity index (χ1v) is 6.55. The average molecular weight is 247 g/mol. The SMILES string of the molecule is CCC(CS)COc1ccc2cccnc2c1. The van der Waals surface area contributed by atoms with Gasteiger partial charge in [-0.05, 0) is 30.4 Å². The van der Waals surface area contributed by atoms with Gasteiger partial charge in [0.1, 0.15) is 5.75 Å². The van der Waals surface area contributed by atoms with E-state index in [1.807, 2.05) is 24.3 Å². The molecule has 0 aliphatic carbocycles. The molecule has 1 unspecified atom stereocenters. The Morgan fingerprint density at radius 1 is 1.35 bits per heavy atom. The van der Waals surface area contributed by atoms with E-state index in [0.717, 1.165) is 35.4 Å². The third kappa shape index (κ3) is 3.13. The smallest absolute Gasteiger partial charge is 0.121 e. The largest absolute Gasteiger partial charge is 0.493 e. The van der Waals surface area contributed by atoms with Crippen molar-refractivity contribution >= 4 is 23.5 Å². The number of hydrogen-bond acceptors (Lipinski definition) is 3. The van der Waals surface area contributed by atoms with E-state index in [9.17, 15) is 0 Å². The van der Waals surface area contributed by atoms with Gasteiger partial charge in [-0.15, -0.1) is 0 Å². The summed E-state index contributed by atoms with van der Waals surface area (Å²) in [7, 11) is 0. The molecule has 2 nitrogen and oxygen atoms in total. The van der Waals surface area contributed by atoms with Crippen molar-refractivity contribution in [3.8, 4) is 5.75 Å². The van der Waals surface area contributed by atoms with Crippen LogP contribution in [0.15, 0.2) is 36.5 Å². The Hall–Kier alpha value is -1.22. The van der Waals surface area contributed by atoms with Crippen LogP contribution in [0.25, 0.3) is 10.9 Å². The lowest BCUT2D eigenvalue weighted by molar-refractivity contribution is 0.260. The number of rotatable bonds is 5. The summed E-state index contributed by atoms with van der Waals surface area (Å²) in [4.78, 5) is 4.31. The number of hydrogen-bond donors (Lipinski definition) is 1. The van der Waals surface area contributed by atoms with E-state index < -0.39 is 0 Å². The maximum atomic E-state index is 5.77. The lowest BCUT2D eigenvalue weighted by atomic mass is 10.1. The van der Waals surface area contributed by atoms with E-state index >= 15 is 0 Å². The highest BCUT2D eigenvalue weighted by Crippen LogP contribution is 2.19. The van der Waals surface area contributed by atoms with Crippen molar-refractivity contribution in [2.75, 3.05) is 12.4 Å². The zero-order chi connectivity index (χ0) is 12.1. The third-order valence-electron chi connectivity index (χ3n) is 2.90. The van der Waals surface area contributed by atoms with Gasteiger partial charge in [0.2, 0.25) is 0 Å². The Morgan fingerprint density at radius 2 is 2.24 bits per heavy atom. The minimum Gasteiger partial charge on any atom is -0.493 e. The first kappa shape index (κ1) is 12.2. The monoisotopic (exact) mass is 247 g/mol. The van der Waals surface area contributed by atoms with E-state index in [-0.39, 0.29) is 0 Å². The van der Waals surface area contributed by atoms with Crippen molar-refractivity contribution < 1.29 is 4.74 Å². The molecule has 3 heteroatoms. The van der Waals surface area contributed by atoms with Gasteiger partial charge in [0, 0.05) is 23.6 Å². The predicted molar refractivity (Wildman–Crippen MR) is 74.9 cm³/mol. The summed E-state index contributed by atoms with van der Waals surface area (Å²) < 4.78 is 5.77. The molecule has 1 heterocycles. The summed E-state index contributed by atoms with van der Waals surface area (Å²) in [6, 6.07) is 10.0. The maximum Gasteiger partial charge on any atom is 0.121 e. The quantitative estimate of drug-likeness (QED) is 0.816. The summed E-state index contributed by atoms with van der Waals surface area (Å²) in [5, 5.41) is 1.14. The maximum absolute atomic E-state index is 5.77. The molecule has 0 saturated carbocycles. The van der Waals surface area contributed by atoms with Gasteiger partial charge in [-0.1, -0.05) is 13.0 Å². The van der Waals surface area contributed by atoms with Crippen LogP contribution in [-0.4, -0.2) is 17.3 Å². The van der Waals surface area contributed by atoms with Crippen LogP contribution in [0, 0.1) is 5.92 Å². The standard InChI is InChI=1S/C14H17NOS/c1-2-11(10-17)9-16-13-6-5-12-4-3-7-15-14(12)8-13/h3-8,11,17H,2,9-10H2,1H3. The lowest BCUT2D eigenvalue weighted by Crippen LogP contribution is -2.12. The number of aromatic nitrogens is 1. The Labute approximate surface area is 107 Å². The Morgan fingerprint density at radius 3 is 3.00 bits per heavy atom. The van der Waals surface area contributed by atoms with E-state index in [4.69, 9.17) is 4.74 Å². The Balaban J connectivity index is 2.09. The van der Waals surface area contributed by atoms with Crippen LogP contribution >= 0.6 is 12.6 Å². The fraction of sp³-hybridized carbons (Fsp3) is 0.357. The molecule has 0 N–H and O–H groups in total. The van der Waals surface area contributed by atoms with E-state index in [1.165, 1.54) is 0 Å². The van der Waals surface area contributed by atoms with Gasteiger partial charge in [0.25, 0.3) is 0 Å². The normalized spacial score (nSPS) is 12.6. The molecule has 0 aliphatic heterocycles. The van der Waals surface area contributed by atoms with Crippen LogP contribution in [0.5, 0.6) is 5.75 Å². The van der Waals surface area contributed by atoms with Crippen LogP contribution in [0.2, 0.25) is 0 Å². The van der Waals surface area contributed by atoms with E-state index in [0.29, 0.717) is 5.92 Å². The molecule has 0 aliphatic rings. The van der Waals surface area contributed by atoms with Crippen LogP contribution in [0.4, 0.5) is 0 Å². The predicted octanol–water partition coefficient (Wildman–Crippen LogP) is 3.57. The van der Waals surface area contributed by atoms with Gasteiger partial charge < -0.3 is 4.74 Å². The summed E-state index contributed by atoms with van der Waals surface area (Å²) in [6.07, 6.45) is 2.89. The van der Waals surface area contributed by atoms with Gasteiger partial charge in [-0.3, -0.25) is 4.98 Å². The molecule has 0 bridgehead atoms. The topological polar surface area (TPSA) is 22.1 Å². The molecule has 1 aromatic carbocycles. The Bertz CT molecular complexity index is 482. The highest BCUT2D eigenvalue weighted by Gasteiger charge is 2.05. The molecule has 0 spiro atoms. The first-order valence-electron chi connectivity index (χ1n) is 5.92. The van der Waals surface area contributed by atoms with Gasteiger partial charge in [0.05, 0.1) is 12.1 Å². The molecule has 2 aromatic rings. The molecule has 90 valence electrons. The van der Waals surface area contributed by atoms with Crippen molar-refractivity contribution in [2.24, 2.45) is 5.92 Å². The molecule has 0 radical (unpaired) electrons. The molecule has 17 heavy (non-hydrogen) atoms. The fourth-order valence-electron chi connectivity index (χ4n) is 1.65. The van der Waals surface area contributed by atoms with Crippen LogP contribution in [-0.2, 0) is 0 Å². The number of thiol groups is 1. The summed E-state index contributed by atoms with van der Waals surface area (Å²) in [6.45, 7) is 2.88. The highest BCUT2D eigenvalue weighted by molar-refractivity contribution is 7.80. The molecule has 0 amide bonds. The number of ether oxygens (including phenoxy) is 1. The van der Waals surface area contributed by atoms with E-state index in [1.54, 1.807) is 6.20 Å². The molecular formula is C14H17NOS. The second kappa shape index (κ2) is 5.92. The third-order valence-corrected chi connectivity index (χ3v) is 3.42. The first-order chi connectivity index (χ1) is 8.33. The minimum atomic E-state index is 0.512. The van der Waals surface area contributed by atoms with Crippen molar-refractivity contribution in [1.82, 2.24) is 4.98 Å². The molecule has 2 rings (SSSR count). The van der Waals surface area contributed by atoms with Gasteiger partial charge in [0.15, 0.2) is 0 Å². The summed E-state index contributed by atoms with van der Waals surface area (Å²) in [5.41, 5.74) is 0.976. The van der Waals surface area contributed by atoms with E-state index in [2.05, 4.69) is 30.6 Å². The van der Waals surface area contributed by atoms with Gasteiger partial charge in [-0.25, -0.2) is 0 Å². The minimum absolute atomic E-state index is 0.512. The number of benzene rings is 1. The van der Waals surface area contributed by atoms with Crippen LogP contribution in [0.1, 0.15) is 13.3 Å². The molecule has 0 fully saturated rings. The van der Waals surface area contributed by atoms with Gasteiger partial charge >= 0.3 is 0 Å². The van der Waals surface area contributed by atoms with Crippen molar-refractivity contribution in [2.45, 2.75) is 13.3 Å².